The minimum atomic E-state index is 1.11. The van der Waals surface area contributed by atoms with Crippen molar-refractivity contribution in [2.75, 3.05) is 0 Å². The van der Waals surface area contributed by atoms with Gasteiger partial charge in [-0.15, -0.1) is 0 Å². The average Bonchev–Trinajstić information content (AvgIpc) is 2.75. The summed E-state index contributed by atoms with van der Waals surface area (Å²) in [6, 6.07) is 8.70. The van der Waals surface area contributed by atoms with E-state index in [9.17, 15) is 0 Å². The second-order valence-electron chi connectivity index (χ2n) is 3.80. The number of allylic oxidation sites excluding steroid dienone is 6. The topological polar surface area (TPSA) is 0 Å². The van der Waals surface area contributed by atoms with E-state index < -0.39 is 0 Å². The van der Waals surface area contributed by atoms with Gasteiger partial charge in [0.2, 0.25) is 0 Å². The lowest BCUT2D eigenvalue weighted by Gasteiger charge is -2.00. The van der Waals surface area contributed by atoms with Crippen molar-refractivity contribution in [2.24, 2.45) is 0 Å². The maximum Gasteiger partial charge on any atom is -0.000762 e. The van der Waals surface area contributed by atoms with E-state index in [-0.39, 0.29) is 0 Å². The van der Waals surface area contributed by atoms with Gasteiger partial charge >= 0.3 is 0 Å². The molecular weight excluding hydrogens is 168 g/mol. The Morgan fingerprint density at radius 1 is 1.14 bits per heavy atom. The molecule has 0 spiro atoms. The molecule has 0 saturated heterocycles. The first-order valence-electron chi connectivity index (χ1n) is 5.06. The van der Waals surface area contributed by atoms with Crippen molar-refractivity contribution in [3.05, 3.63) is 64.8 Å². The van der Waals surface area contributed by atoms with Gasteiger partial charge in [0.05, 0.1) is 0 Å². The molecule has 0 heterocycles. The fourth-order valence-electron chi connectivity index (χ4n) is 2.38. The second kappa shape index (κ2) is 2.71. The Labute approximate surface area is 84.3 Å². The van der Waals surface area contributed by atoms with Crippen LogP contribution in [0, 0.1) is 0 Å². The maximum absolute atomic E-state index is 2.25. The summed E-state index contributed by atoms with van der Waals surface area (Å²) in [7, 11) is 0. The Morgan fingerprint density at radius 3 is 2.86 bits per heavy atom. The Hall–Kier alpha value is -1.56. The van der Waals surface area contributed by atoms with E-state index >= 15 is 0 Å². The van der Waals surface area contributed by atoms with Gasteiger partial charge in [0.1, 0.15) is 0 Å². The maximum atomic E-state index is 2.25. The van der Waals surface area contributed by atoms with Crippen molar-refractivity contribution in [1.82, 2.24) is 0 Å². The minimum Gasteiger partial charge on any atom is -0.0801 e. The zero-order valence-corrected chi connectivity index (χ0v) is 8.25. The molecule has 2 aliphatic carbocycles. The van der Waals surface area contributed by atoms with Gasteiger partial charge < -0.3 is 0 Å². The first-order valence-corrected chi connectivity index (χ1v) is 5.06. The summed E-state index contributed by atoms with van der Waals surface area (Å²) in [5.74, 6) is 0. The molecule has 0 saturated carbocycles. The third kappa shape index (κ3) is 0.884. The zero-order valence-electron chi connectivity index (χ0n) is 8.25. The standard InChI is InChI=1S/C14H12/c1-2-10-7-8-13-12-6-4-3-5-11(12)9-14(10)13/h2-8H,9H2,1H3/b10-2+. The first-order chi connectivity index (χ1) is 6.90. The fraction of sp³-hybridized carbons (Fsp3) is 0.143. The quantitative estimate of drug-likeness (QED) is 0.573. The molecule has 0 heteroatoms. The van der Waals surface area contributed by atoms with Gasteiger partial charge in [-0.25, -0.2) is 0 Å². The molecule has 68 valence electrons. The van der Waals surface area contributed by atoms with Gasteiger partial charge in [0.25, 0.3) is 0 Å². The van der Waals surface area contributed by atoms with E-state index in [1.165, 1.54) is 27.8 Å². The smallest absolute Gasteiger partial charge is 0.000762 e. The van der Waals surface area contributed by atoms with Crippen LogP contribution in [0.1, 0.15) is 18.1 Å². The number of rotatable bonds is 0. The predicted octanol–water partition coefficient (Wildman–Crippen LogP) is 3.51. The Bertz CT molecular complexity index is 485. The molecule has 0 atom stereocenters. The number of hydrogen-bond acceptors (Lipinski definition) is 0. The summed E-state index contributed by atoms with van der Waals surface area (Å²) in [4.78, 5) is 0. The van der Waals surface area contributed by atoms with E-state index in [0.29, 0.717) is 0 Å². The van der Waals surface area contributed by atoms with Crippen molar-refractivity contribution >= 4 is 5.57 Å². The summed E-state index contributed by atoms with van der Waals surface area (Å²) in [5.41, 5.74) is 7.25. The van der Waals surface area contributed by atoms with Gasteiger partial charge in [-0.3, -0.25) is 0 Å². The average molecular weight is 180 g/mol. The molecule has 0 amide bonds. The number of benzene rings is 1. The van der Waals surface area contributed by atoms with Crippen molar-refractivity contribution in [1.29, 1.82) is 0 Å². The van der Waals surface area contributed by atoms with Crippen LogP contribution in [0.3, 0.4) is 0 Å². The molecule has 0 bridgehead atoms. The van der Waals surface area contributed by atoms with Crippen molar-refractivity contribution in [3.8, 4) is 0 Å². The molecule has 0 fully saturated rings. The Kier molecular flexibility index (Phi) is 1.51. The lowest BCUT2D eigenvalue weighted by atomic mass is 10.0. The van der Waals surface area contributed by atoms with Crippen LogP contribution in [0.25, 0.3) is 5.57 Å². The van der Waals surface area contributed by atoms with Crippen LogP contribution in [0.4, 0.5) is 0 Å². The lowest BCUT2D eigenvalue weighted by Crippen LogP contribution is -1.85. The van der Waals surface area contributed by atoms with Gasteiger partial charge in [0.15, 0.2) is 0 Å². The van der Waals surface area contributed by atoms with E-state index in [2.05, 4.69) is 49.4 Å². The van der Waals surface area contributed by atoms with Gasteiger partial charge in [-0.2, -0.15) is 0 Å². The molecule has 0 aromatic heterocycles. The van der Waals surface area contributed by atoms with E-state index in [0.717, 1.165) is 6.42 Å². The van der Waals surface area contributed by atoms with Crippen molar-refractivity contribution < 1.29 is 0 Å². The molecule has 14 heavy (non-hydrogen) atoms. The summed E-state index contributed by atoms with van der Waals surface area (Å²) >= 11 is 0. The van der Waals surface area contributed by atoms with E-state index in [1.54, 1.807) is 0 Å². The lowest BCUT2D eigenvalue weighted by molar-refractivity contribution is 1.22. The highest BCUT2D eigenvalue weighted by Gasteiger charge is 2.23. The van der Waals surface area contributed by atoms with E-state index in [1.807, 2.05) is 0 Å². The number of fused-ring (bicyclic) bond motifs is 2. The summed E-state index contributed by atoms with van der Waals surface area (Å²) in [5, 5.41) is 0. The number of hydrogen-bond donors (Lipinski definition) is 0. The Balaban J connectivity index is 2.20. The summed E-state index contributed by atoms with van der Waals surface area (Å²) < 4.78 is 0. The van der Waals surface area contributed by atoms with Crippen molar-refractivity contribution in [2.45, 2.75) is 13.3 Å². The predicted molar refractivity (Wildman–Crippen MR) is 60.0 cm³/mol. The molecule has 0 radical (unpaired) electrons. The molecule has 3 rings (SSSR count). The second-order valence-corrected chi connectivity index (χ2v) is 3.80. The van der Waals surface area contributed by atoms with Gasteiger partial charge in [-0.1, -0.05) is 42.5 Å². The van der Waals surface area contributed by atoms with Crippen LogP contribution < -0.4 is 0 Å². The summed E-state index contributed by atoms with van der Waals surface area (Å²) in [6.07, 6.45) is 7.78. The normalized spacial score (nSPS) is 20.5. The van der Waals surface area contributed by atoms with Crippen LogP contribution in [-0.4, -0.2) is 0 Å². The summed E-state index contributed by atoms with van der Waals surface area (Å²) in [6.45, 7) is 2.11. The van der Waals surface area contributed by atoms with Crippen LogP contribution >= 0.6 is 0 Å². The van der Waals surface area contributed by atoms with Crippen LogP contribution in [0.15, 0.2) is 53.6 Å². The van der Waals surface area contributed by atoms with Gasteiger partial charge in [-0.05, 0) is 41.2 Å². The first kappa shape index (κ1) is 7.81. The van der Waals surface area contributed by atoms with Crippen LogP contribution in [-0.2, 0) is 6.42 Å². The molecule has 1 aromatic rings. The third-order valence-corrected chi connectivity index (χ3v) is 3.09. The SMILES string of the molecule is C/C=C1\C=CC2=C1Cc1ccccc12. The van der Waals surface area contributed by atoms with E-state index in [4.69, 9.17) is 0 Å². The Morgan fingerprint density at radius 2 is 2.00 bits per heavy atom. The van der Waals surface area contributed by atoms with Gasteiger partial charge in [0, 0.05) is 0 Å². The van der Waals surface area contributed by atoms with Crippen LogP contribution in [0.5, 0.6) is 0 Å². The highest BCUT2D eigenvalue weighted by atomic mass is 14.3. The highest BCUT2D eigenvalue weighted by Crippen LogP contribution is 2.41. The molecule has 1 aromatic carbocycles. The largest absolute Gasteiger partial charge is 0.0801 e. The fourth-order valence-corrected chi connectivity index (χ4v) is 2.38. The molecule has 0 unspecified atom stereocenters. The molecule has 0 aliphatic heterocycles. The minimum absolute atomic E-state index is 1.11. The molecule has 0 N–H and O–H groups in total. The monoisotopic (exact) mass is 180 g/mol. The van der Waals surface area contributed by atoms with Crippen molar-refractivity contribution in [3.63, 3.8) is 0 Å². The molecular formula is C14H12. The van der Waals surface area contributed by atoms with Crippen LogP contribution in [0.2, 0.25) is 0 Å². The zero-order chi connectivity index (χ0) is 9.54. The highest BCUT2D eigenvalue weighted by molar-refractivity contribution is 5.90. The molecule has 2 aliphatic rings. The third-order valence-electron chi connectivity index (χ3n) is 3.09. The molecule has 0 nitrogen and oxygen atoms in total.